The molecule has 0 saturated heterocycles. The second kappa shape index (κ2) is 7.62. The number of aryl methyl sites for hydroxylation is 3. The highest BCUT2D eigenvalue weighted by Gasteiger charge is 2.24. The summed E-state index contributed by atoms with van der Waals surface area (Å²) in [6.45, 7) is 4.08. The zero-order chi connectivity index (χ0) is 18.0. The Balaban J connectivity index is 1.72. The third-order valence-electron chi connectivity index (χ3n) is 4.37. The number of thioether (sulfide) groups is 1. The lowest BCUT2D eigenvalue weighted by atomic mass is 9.95. The van der Waals surface area contributed by atoms with Crippen LogP contribution in [-0.4, -0.2) is 17.6 Å². The molecule has 0 atom stereocenters. The number of hydrogen-bond donors (Lipinski definition) is 2. The van der Waals surface area contributed by atoms with Gasteiger partial charge in [-0.05, 0) is 56.7 Å². The van der Waals surface area contributed by atoms with E-state index >= 15 is 0 Å². The van der Waals surface area contributed by atoms with Crippen molar-refractivity contribution in [1.29, 1.82) is 0 Å². The first-order valence-electron chi connectivity index (χ1n) is 8.40. The van der Waals surface area contributed by atoms with Gasteiger partial charge in [0.25, 0.3) is 5.91 Å². The van der Waals surface area contributed by atoms with Gasteiger partial charge in [0, 0.05) is 9.77 Å². The van der Waals surface area contributed by atoms with Gasteiger partial charge >= 0.3 is 0 Å². The monoisotopic (exact) mass is 374 g/mol. The molecular formula is C19H22N2O2S2. The van der Waals surface area contributed by atoms with Crippen LogP contribution in [0.15, 0.2) is 23.1 Å². The van der Waals surface area contributed by atoms with Gasteiger partial charge in [0.2, 0.25) is 5.91 Å². The number of carbonyl (C=O) groups is 2. The normalized spacial score (nSPS) is 13.4. The molecule has 0 aliphatic heterocycles. The summed E-state index contributed by atoms with van der Waals surface area (Å²) in [4.78, 5) is 26.6. The smallest absolute Gasteiger partial charge is 0.251 e. The maximum atomic E-state index is 12.4. The maximum absolute atomic E-state index is 12.4. The van der Waals surface area contributed by atoms with E-state index in [1.807, 2.05) is 13.8 Å². The van der Waals surface area contributed by atoms with E-state index in [-0.39, 0.29) is 5.91 Å². The zero-order valence-corrected chi connectivity index (χ0v) is 16.1. The molecule has 4 nitrogen and oxygen atoms in total. The van der Waals surface area contributed by atoms with Crippen LogP contribution in [0.5, 0.6) is 0 Å². The first kappa shape index (κ1) is 18.0. The molecule has 3 rings (SSSR count). The molecule has 0 bridgehead atoms. The topological polar surface area (TPSA) is 72.2 Å². The van der Waals surface area contributed by atoms with Crippen molar-refractivity contribution in [3.8, 4) is 0 Å². The largest absolute Gasteiger partial charge is 0.365 e. The number of anilines is 1. The van der Waals surface area contributed by atoms with Crippen LogP contribution in [-0.2, 0) is 17.6 Å². The third-order valence-corrected chi connectivity index (χ3v) is 6.74. The van der Waals surface area contributed by atoms with Crippen molar-refractivity contribution in [3.05, 3.63) is 45.3 Å². The molecule has 1 heterocycles. The number of rotatable bonds is 5. The highest BCUT2D eigenvalue weighted by molar-refractivity contribution is 8.00. The summed E-state index contributed by atoms with van der Waals surface area (Å²) in [5.74, 6) is -0.241. The molecular weight excluding hydrogens is 352 g/mol. The van der Waals surface area contributed by atoms with E-state index in [0.717, 1.165) is 41.7 Å². The molecule has 6 heteroatoms. The van der Waals surface area contributed by atoms with Crippen LogP contribution >= 0.6 is 23.1 Å². The Morgan fingerprint density at radius 2 is 2.00 bits per heavy atom. The Kier molecular flexibility index (Phi) is 5.49. The molecule has 1 aromatic heterocycles. The fourth-order valence-corrected chi connectivity index (χ4v) is 5.32. The highest BCUT2D eigenvalue weighted by atomic mass is 32.2. The third kappa shape index (κ3) is 4.07. The van der Waals surface area contributed by atoms with Crippen molar-refractivity contribution in [3.63, 3.8) is 0 Å². The summed E-state index contributed by atoms with van der Waals surface area (Å²) in [6, 6.07) is 6.22. The molecule has 3 N–H and O–H groups in total. The SMILES string of the molecule is Cc1ccc(C)c(SCC(=O)Nc2sc3c(c2C(N)=O)CCCC3)c1. The second-order valence-corrected chi connectivity index (χ2v) is 8.51. The van der Waals surface area contributed by atoms with E-state index in [9.17, 15) is 9.59 Å². The van der Waals surface area contributed by atoms with Gasteiger partial charge in [0.1, 0.15) is 5.00 Å². The van der Waals surface area contributed by atoms with Gasteiger partial charge in [-0.15, -0.1) is 23.1 Å². The molecule has 1 aromatic carbocycles. The summed E-state index contributed by atoms with van der Waals surface area (Å²) < 4.78 is 0. The standard InChI is InChI=1S/C19H22N2O2S2/c1-11-7-8-12(2)15(9-11)24-10-16(22)21-19-17(18(20)23)13-5-3-4-6-14(13)25-19/h7-9H,3-6,10H2,1-2H3,(H2,20,23)(H,21,22). The molecule has 0 unspecified atom stereocenters. The van der Waals surface area contributed by atoms with Gasteiger partial charge in [-0.1, -0.05) is 17.7 Å². The predicted octanol–water partition coefficient (Wildman–Crippen LogP) is 4.07. The van der Waals surface area contributed by atoms with Crippen LogP contribution in [0.4, 0.5) is 5.00 Å². The minimum Gasteiger partial charge on any atom is -0.365 e. The number of fused-ring (bicyclic) bond motifs is 1. The first-order valence-corrected chi connectivity index (χ1v) is 10.2. The van der Waals surface area contributed by atoms with Crippen LogP contribution in [0.1, 0.15) is 44.8 Å². The van der Waals surface area contributed by atoms with Crippen LogP contribution in [0.2, 0.25) is 0 Å². The maximum Gasteiger partial charge on any atom is 0.251 e. The van der Waals surface area contributed by atoms with Crippen molar-refractivity contribution in [2.45, 2.75) is 44.4 Å². The van der Waals surface area contributed by atoms with E-state index in [4.69, 9.17) is 5.73 Å². The number of nitrogens with two attached hydrogens (primary N) is 1. The molecule has 0 fully saturated rings. The van der Waals surface area contributed by atoms with E-state index in [0.29, 0.717) is 16.3 Å². The first-order chi connectivity index (χ1) is 12.0. The Hall–Kier alpha value is -1.79. The lowest BCUT2D eigenvalue weighted by molar-refractivity contribution is -0.113. The Morgan fingerprint density at radius 3 is 2.76 bits per heavy atom. The summed E-state index contributed by atoms with van der Waals surface area (Å²) >= 11 is 3.02. The minimum absolute atomic E-state index is 0.105. The average molecular weight is 375 g/mol. The fourth-order valence-electron chi connectivity index (χ4n) is 3.08. The zero-order valence-electron chi connectivity index (χ0n) is 14.5. The van der Waals surface area contributed by atoms with E-state index in [1.54, 1.807) is 0 Å². The molecule has 2 amide bonds. The number of nitrogens with one attached hydrogen (secondary N) is 1. The second-order valence-electron chi connectivity index (χ2n) is 6.39. The lowest BCUT2D eigenvalue weighted by Gasteiger charge is -2.11. The van der Waals surface area contributed by atoms with Crippen LogP contribution in [0.3, 0.4) is 0 Å². The van der Waals surface area contributed by atoms with Gasteiger partial charge in [-0.3, -0.25) is 9.59 Å². The molecule has 25 heavy (non-hydrogen) atoms. The van der Waals surface area contributed by atoms with Crippen molar-refractivity contribution in [2.24, 2.45) is 5.73 Å². The number of primary amides is 1. The Bertz CT molecular complexity index is 827. The van der Waals surface area contributed by atoms with Gasteiger partial charge in [0.05, 0.1) is 11.3 Å². The summed E-state index contributed by atoms with van der Waals surface area (Å²) in [7, 11) is 0. The fraction of sp³-hybridized carbons (Fsp3) is 0.368. The van der Waals surface area contributed by atoms with Gasteiger partial charge < -0.3 is 11.1 Å². The van der Waals surface area contributed by atoms with Crippen molar-refractivity contribution in [2.75, 3.05) is 11.1 Å². The van der Waals surface area contributed by atoms with E-state index in [2.05, 4.69) is 23.5 Å². The Labute approximate surface area is 156 Å². The van der Waals surface area contributed by atoms with E-state index in [1.165, 1.54) is 33.5 Å². The van der Waals surface area contributed by atoms with Gasteiger partial charge in [-0.25, -0.2) is 0 Å². The average Bonchev–Trinajstić information content (AvgIpc) is 2.93. The number of amides is 2. The van der Waals surface area contributed by atoms with E-state index < -0.39 is 5.91 Å². The molecule has 1 aliphatic rings. The van der Waals surface area contributed by atoms with Crippen LogP contribution in [0, 0.1) is 13.8 Å². The molecule has 2 aromatic rings. The number of thiophene rings is 1. The van der Waals surface area contributed by atoms with Crippen molar-refractivity contribution < 1.29 is 9.59 Å². The lowest BCUT2D eigenvalue weighted by Crippen LogP contribution is -2.19. The Morgan fingerprint density at radius 1 is 1.24 bits per heavy atom. The van der Waals surface area contributed by atoms with Crippen molar-refractivity contribution >= 4 is 39.9 Å². The molecule has 1 aliphatic carbocycles. The summed E-state index contributed by atoms with van der Waals surface area (Å²) in [6.07, 6.45) is 4.03. The van der Waals surface area contributed by atoms with Crippen LogP contribution in [0.25, 0.3) is 0 Å². The molecule has 0 saturated carbocycles. The molecule has 0 radical (unpaired) electrons. The van der Waals surface area contributed by atoms with Gasteiger partial charge in [0.15, 0.2) is 0 Å². The minimum atomic E-state index is -0.447. The summed E-state index contributed by atoms with van der Waals surface area (Å²) in [5, 5.41) is 3.53. The highest BCUT2D eigenvalue weighted by Crippen LogP contribution is 2.38. The van der Waals surface area contributed by atoms with Crippen LogP contribution < -0.4 is 11.1 Å². The molecule has 0 spiro atoms. The number of hydrogen-bond acceptors (Lipinski definition) is 4. The number of benzene rings is 1. The number of carbonyl (C=O) groups excluding carboxylic acids is 2. The quantitative estimate of drug-likeness (QED) is 0.775. The summed E-state index contributed by atoms with van der Waals surface area (Å²) in [5.41, 5.74) is 9.47. The van der Waals surface area contributed by atoms with Crippen molar-refractivity contribution in [1.82, 2.24) is 0 Å². The molecule has 132 valence electrons. The van der Waals surface area contributed by atoms with Gasteiger partial charge in [-0.2, -0.15) is 0 Å². The predicted molar refractivity (Wildman–Crippen MR) is 105 cm³/mol.